The van der Waals surface area contributed by atoms with Crippen molar-refractivity contribution in [3.8, 4) is 5.75 Å². The molecule has 82 valence electrons. The second-order valence-corrected chi connectivity index (χ2v) is 3.20. The molecule has 4 nitrogen and oxygen atoms in total. The minimum Gasteiger partial charge on any atom is -0.508 e. The number of nitrogens with one attached hydrogen (secondary N) is 1. The molecule has 0 aliphatic heterocycles. The third-order valence-corrected chi connectivity index (χ3v) is 2.02. The summed E-state index contributed by atoms with van der Waals surface area (Å²) in [6, 6.07) is 3.29. The van der Waals surface area contributed by atoms with Gasteiger partial charge in [0.1, 0.15) is 11.6 Å². The van der Waals surface area contributed by atoms with Gasteiger partial charge in [0.05, 0.1) is 6.54 Å². The number of phenolic OH excluding ortho intramolecular Hbond substituents is 1. The predicted octanol–water partition coefficient (Wildman–Crippen LogP) is 1.27. The topological polar surface area (TPSA) is 69.6 Å². The summed E-state index contributed by atoms with van der Waals surface area (Å²) >= 11 is 0. The van der Waals surface area contributed by atoms with Gasteiger partial charge in [-0.05, 0) is 13.0 Å². The number of carbonyl (C=O) groups is 1. The standard InChI is InChI=1S/C10H12FNO3/c1-6(12-5-10(14)15)8-3-2-7(11)4-9(8)13/h2-4,6,12-13H,5H2,1H3,(H,14,15). The molecule has 0 amide bonds. The van der Waals surface area contributed by atoms with E-state index in [1.165, 1.54) is 12.1 Å². The molecule has 3 N–H and O–H groups in total. The summed E-state index contributed by atoms with van der Waals surface area (Å²) in [6.07, 6.45) is 0. The van der Waals surface area contributed by atoms with Crippen LogP contribution in [-0.4, -0.2) is 22.7 Å². The van der Waals surface area contributed by atoms with Crippen molar-refractivity contribution in [2.24, 2.45) is 0 Å². The van der Waals surface area contributed by atoms with E-state index in [1.807, 2.05) is 0 Å². The maximum atomic E-state index is 12.7. The Morgan fingerprint density at radius 3 is 2.80 bits per heavy atom. The monoisotopic (exact) mass is 213 g/mol. The molecular formula is C10H12FNO3. The van der Waals surface area contributed by atoms with Crippen LogP contribution < -0.4 is 5.32 Å². The van der Waals surface area contributed by atoms with Crippen molar-refractivity contribution in [2.75, 3.05) is 6.54 Å². The molecule has 1 aromatic carbocycles. The van der Waals surface area contributed by atoms with Crippen molar-refractivity contribution in [3.63, 3.8) is 0 Å². The molecule has 0 saturated heterocycles. The summed E-state index contributed by atoms with van der Waals surface area (Å²) in [5.41, 5.74) is 0.470. The molecule has 0 aromatic heterocycles. The summed E-state index contributed by atoms with van der Waals surface area (Å²) in [4.78, 5) is 10.3. The van der Waals surface area contributed by atoms with E-state index in [2.05, 4.69) is 5.32 Å². The Hall–Kier alpha value is -1.62. The highest BCUT2D eigenvalue weighted by Gasteiger charge is 2.11. The normalized spacial score (nSPS) is 12.4. The van der Waals surface area contributed by atoms with E-state index >= 15 is 0 Å². The zero-order chi connectivity index (χ0) is 11.4. The maximum absolute atomic E-state index is 12.7. The Morgan fingerprint density at radius 1 is 1.60 bits per heavy atom. The third kappa shape index (κ3) is 3.21. The van der Waals surface area contributed by atoms with Gasteiger partial charge in [0.2, 0.25) is 0 Å². The molecule has 0 aliphatic carbocycles. The molecule has 1 unspecified atom stereocenters. The summed E-state index contributed by atoms with van der Waals surface area (Å²) in [5, 5.41) is 20.5. The van der Waals surface area contributed by atoms with Crippen LogP contribution in [0.3, 0.4) is 0 Å². The van der Waals surface area contributed by atoms with Gasteiger partial charge in [0.25, 0.3) is 0 Å². The average Bonchev–Trinajstić information content (AvgIpc) is 2.14. The lowest BCUT2D eigenvalue weighted by Crippen LogP contribution is -2.25. The molecule has 0 aliphatic rings. The molecule has 0 spiro atoms. The summed E-state index contributed by atoms with van der Waals surface area (Å²) < 4.78 is 12.7. The number of phenols is 1. The Labute approximate surface area is 86.4 Å². The summed E-state index contributed by atoms with van der Waals surface area (Å²) in [7, 11) is 0. The van der Waals surface area contributed by atoms with Crippen molar-refractivity contribution < 1.29 is 19.4 Å². The second-order valence-electron chi connectivity index (χ2n) is 3.20. The lowest BCUT2D eigenvalue weighted by atomic mass is 10.1. The third-order valence-electron chi connectivity index (χ3n) is 2.02. The van der Waals surface area contributed by atoms with Crippen LogP contribution in [-0.2, 0) is 4.79 Å². The van der Waals surface area contributed by atoms with E-state index in [4.69, 9.17) is 5.11 Å². The number of aromatic hydroxyl groups is 1. The first kappa shape index (κ1) is 11.5. The van der Waals surface area contributed by atoms with Gasteiger partial charge in [0.15, 0.2) is 0 Å². The van der Waals surface area contributed by atoms with Crippen LogP contribution in [0.25, 0.3) is 0 Å². The highest BCUT2D eigenvalue weighted by Crippen LogP contribution is 2.24. The Morgan fingerprint density at radius 2 is 2.27 bits per heavy atom. The van der Waals surface area contributed by atoms with Crippen molar-refractivity contribution in [1.29, 1.82) is 0 Å². The van der Waals surface area contributed by atoms with Crippen LogP contribution in [0.4, 0.5) is 4.39 Å². The number of hydrogen-bond acceptors (Lipinski definition) is 3. The number of rotatable bonds is 4. The highest BCUT2D eigenvalue weighted by molar-refractivity contribution is 5.69. The van der Waals surface area contributed by atoms with Crippen LogP contribution in [0.15, 0.2) is 18.2 Å². The summed E-state index contributed by atoms with van der Waals surface area (Å²) in [5.74, 6) is -1.69. The molecular weight excluding hydrogens is 201 g/mol. The van der Waals surface area contributed by atoms with Crippen molar-refractivity contribution in [2.45, 2.75) is 13.0 Å². The molecule has 0 radical (unpaired) electrons. The van der Waals surface area contributed by atoms with Gasteiger partial charge in [-0.15, -0.1) is 0 Å². The predicted molar refractivity (Wildman–Crippen MR) is 52.1 cm³/mol. The first-order valence-corrected chi connectivity index (χ1v) is 4.44. The van der Waals surface area contributed by atoms with Crippen molar-refractivity contribution in [3.05, 3.63) is 29.6 Å². The van der Waals surface area contributed by atoms with E-state index in [0.717, 1.165) is 6.07 Å². The molecule has 1 atom stereocenters. The van der Waals surface area contributed by atoms with Gasteiger partial charge in [-0.1, -0.05) is 6.07 Å². The first-order valence-electron chi connectivity index (χ1n) is 4.44. The van der Waals surface area contributed by atoms with E-state index in [1.54, 1.807) is 6.92 Å². The number of benzene rings is 1. The van der Waals surface area contributed by atoms with Gasteiger partial charge in [0, 0.05) is 17.7 Å². The molecule has 0 fully saturated rings. The largest absolute Gasteiger partial charge is 0.508 e. The first-order chi connectivity index (χ1) is 7.00. The van der Waals surface area contributed by atoms with Gasteiger partial charge < -0.3 is 15.5 Å². The SMILES string of the molecule is CC(NCC(=O)O)c1ccc(F)cc1O. The van der Waals surface area contributed by atoms with E-state index in [9.17, 15) is 14.3 Å². The number of aliphatic carboxylic acids is 1. The van der Waals surface area contributed by atoms with Crippen LogP contribution in [0.5, 0.6) is 5.75 Å². The van der Waals surface area contributed by atoms with E-state index in [-0.39, 0.29) is 18.3 Å². The molecule has 1 rings (SSSR count). The molecule has 5 heteroatoms. The average molecular weight is 213 g/mol. The van der Waals surface area contributed by atoms with Gasteiger partial charge in [-0.3, -0.25) is 4.79 Å². The zero-order valence-electron chi connectivity index (χ0n) is 8.20. The number of hydrogen-bond donors (Lipinski definition) is 3. The fraction of sp³-hybridized carbons (Fsp3) is 0.300. The van der Waals surface area contributed by atoms with E-state index in [0.29, 0.717) is 5.56 Å². The summed E-state index contributed by atoms with van der Waals surface area (Å²) in [6.45, 7) is 1.48. The smallest absolute Gasteiger partial charge is 0.317 e. The molecule has 0 heterocycles. The Bertz CT molecular complexity index is 368. The quantitative estimate of drug-likeness (QED) is 0.704. The molecule has 1 aromatic rings. The van der Waals surface area contributed by atoms with Gasteiger partial charge >= 0.3 is 5.97 Å². The van der Waals surface area contributed by atoms with Crippen molar-refractivity contribution in [1.82, 2.24) is 5.32 Å². The zero-order valence-corrected chi connectivity index (χ0v) is 8.20. The maximum Gasteiger partial charge on any atom is 0.317 e. The van der Waals surface area contributed by atoms with E-state index < -0.39 is 11.8 Å². The van der Waals surface area contributed by atoms with Crippen molar-refractivity contribution >= 4 is 5.97 Å². The Balaban J connectivity index is 2.73. The van der Waals surface area contributed by atoms with Crippen LogP contribution in [0, 0.1) is 5.82 Å². The lowest BCUT2D eigenvalue weighted by molar-refractivity contribution is -0.136. The second kappa shape index (κ2) is 4.75. The fourth-order valence-electron chi connectivity index (χ4n) is 1.23. The minimum atomic E-state index is -0.983. The number of carboxylic acid groups (broad SMARTS) is 1. The van der Waals surface area contributed by atoms with Gasteiger partial charge in [-0.2, -0.15) is 0 Å². The minimum absolute atomic E-state index is 0.180. The van der Waals surface area contributed by atoms with Crippen LogP contribution >= 0.6 is 0 Å². The molecule has 0 bridgehead atoms. The Kier molecular flexibility index (Phi) is 3.62. The fourth-order valence-corrected chi connectivity index (χ4v) is 1.23. The van der Waals surface area contributed by atoms with Crippen LogP contribution in [0.1, 0.15) is 18.5 Å². The van der Waals surface area contributed by atoms with Crippen LogP contribution in [0.2, 0.25) is 0 Å². The number of carboxylic acids is 1. The highest BCUT2D eigenvalue weighted by atomic mass is 19.1. The lowest BCUT2D eigenvalue weighted by Gasteiger charge is -2.13. The molecule has 0 saturated carbocycles. The molecule has 15 heavy (non-hydrogen) atoms. The van der Waals surface area contributed by atoms with Gasteiger partial charge in [-0.25, -0.2) is 4.39 Å². The number of halogens is 1.